The maximum atomic E-state index is 12.7. The van der Waals surface area contributed by atoms with E-state index in [-0.39, 0.29) is 17.3 Å². The highest BCUT2D eigenvalue weighted by Crippen LogP contribution is 2.39. The molecule has 2 aromatic rings. The Morgan fingerprint density at radius 2 is 1.88 bits per heavy atom. The van der Waals surface area contributed by atoms with Crippen molar-refractivity contribution in [1.82, 2.24) is 9.88 Å². The smallest absolute Gasteiger partial charge is 0.295 e. The lowest BCUT2D eigenvalue weighted by atomic mass is 9.96. The van der Waals surface area contributed by atoms with Crippen LogP contribution < -0.4 is 0 Å². The van der Waals surface area contributed by atoms with Crippen molar-refractivity contribution >= 4 is 17.4 Å². The first-order chi connectivity index (χ1) is 12.0. The van der Waals surface area contributed by atoms with Crippen LogP contribution in [0.15, 0.2) is 60.4 Å². The van der Waals surface area contributed by atoms with Crippen molar-refractivity contribution in [2.45, 2.75) is 19.9 Å². The van der Waals surface area contributed by atoms with Crippen LogP contribution in [0.25, 0.3) is 5.76 Å². The fraction of sp³-hybridized carbons (Fsp3) is 0.250. The molecular formula is C20H20N2O3. The Labute approximate surface area is 146 Å². The van der Waals surface area contributed by atoms with Gasteiger partial charge in [-0.05, 0) is 17.5 Å². The van der Waals surface area contributed by atoms with Gasteiger partial charge in [0.2, 0.25) is 0 Å². The number of pyridine rings is 1. The van der Waals surface area contributed by atoms with Crippen molar-refractivity contribution < 1.29 is 14.7 Å². The Balaban J connectivity index is 2.18. The van der Waals surface area contributed by atoms with E-state index in [0.29, 0.717) is 17.7 Å². The number of aromatic nitrogens is 1. The number of hydrogen-bond donors (Lipinski definition) is 1. The monoisotopic (exact) mass is 336 g/mol. The summed E-state index contributed by atoms with van der Waals surface area (Å²) >= 11 is 0. The summed E-state index contributed by atoms with van der Waals surface area (Å²) in [7, 11) is 0. The molecule has 0 radical (unpaired) electrons. The molecule has 1 aromatic carbocycles. The van der Waals surface area contributed by atoms with Crippen LogP contribution in [0.3, 0.4) is 0 Å². The van der Waals surface area contributed by atoms with Gasteiger partial charge < -0.3 is 10.0 Å². The second-order valence-corrected chi connectivity index (χ2v) is 6.50. The topological polar surface area (TPSA) is 70.5 Å². The molecular weight excluding hydrogens is 316 g/mol. The van der Waals surface area contributed by atoms with Crippen molar-refractivity contribution in [3.8, 4) is 0 Å². The minimum absolute atomic E-state index is 0.116. The lowest BCUT2D eigenvalue weighted by Gasteiger charge is -2.26. The lowest BCUT2D eigenvalue weighted by molar-refractivity contribution is -0.140. The average molecular weight is 336 g/mol. The first kappa shape index (κ1) is 16.9. The van der Waals surface area contributed by atoms with E-state index in [1.807, 2.05) is 26.0 Å². The molecule has 5 nitrogen and oxygen atoms in total. The second kappa shape index (κ2) is 6.89. The van der Waals surface area contributed by atoms with E-state index in [1.54, 1.807) is 42.7 Å². The normalized spacial score (nSPS) is 19.6. The standard InChI is InChI=1S/C20H20N2O3/c1-13(2)12-22-17(15-9-6-10-21-11-15)16(19(24)20(22)25)18(23)14-7-4-3-5-8-14/h3-11,13,17,23H,12H2,1-2H3/b18-16-. The number of hydrogen-bond acceptors (Lipinski definition) is 4. The van der Waals surface area contributed by atoms with Crippen molar-refractivity contribution in [3.05, 3.63) is 71.6 Å². The molecule has 0 saturated carbocycles. The molecule has 2 heterocycles. The number of carbonyl (C=O) groups is 2. The fourth-order valence-electron chi connectivity index (χ4n) is 3.10. The molecule has 0 aliphatic carbocycles. The van der Waals surface area contributed by atoms with Gasteiger partial charge in [0, 0.05) is 24.5 Å². The summed E-state index contributed by atoms with van der Waals surface area (Å²) < 4.78 is 0. The largest absolute Gasteiger partial charge is 0.507 e. The van der Waals surface area contributed by atoms with Gasteiger partial charge in [-0.15, -0.1) is 0 Å². The number of rotatable bonds is 4. The number of Topliss-reactive ketones (excluding diaryl/α,β-unsaturated/α-hetero) is 1. The molecule has 0 bridgehead atoms. The SMILES string of the molecule is CC(C)CN1C(=O)C(=O)/C(=C(\O)c2ccccc2)C1c1cccnc1. The quantitative estimate of drug-likeness (QED) is 0.529. The van der Waals surface area contributed by atoms with E-state index in [9.17, 15) is 14.7 Å². The van der Waals surface area contributed by atoms with Gasteiger partial charge in [-0.3, -0.25) is 14.6 Å². The molecule has 128 valence electrons. The van der Waals surface area contributed by atoms with Crippen LogP contribution in [-0.2, 0) is 9.59 Å². The third kappa shape index (κ3) is 3.18. The Hall–Kier alpha value is -2.95. The molecule has 1 unspecified atom stereocenters. The number of carbonyl (C=O) groups excluding carboxylic acids is 2. The molecule has 0 spiro atoms. The van der Waals surface area contributed by atoms with Crippen LogP contribution in [0.5, 0.6) is 0 Å². The van der Waals surface area contributed by atoms with E-state index < -0.39 is 17.7 Å². The van der Waals surface area contributed by atoms with Crippen LogP contribution in [-0.4, -0.2) is 33.2 Å². The van der Waals surface area contributed by atoms with Gasteiger partial charge in [-0.2, -0.15) is 0 Å². The molecule has 1 saturated heterocycles. The van der Waals surface area contributed by atoms with Crippen LogP contribution in [0.1, 0.15) is 31.0 Å². The number of nitrogens with zero attached hydrogens (tertiary/aromatic N) is 2. The Bertz CT molecular complexity index is 813. The average Bonchev–Trinajstić information content (AvgIpc) is 2.87. The predicted molar refractivity (Wildman–Crippen MR) is 94.5 cm³/mol. The zero-order valence-corrected chi connectivity index (χ0v) is 14.2. The number of amides is 1. The minimum atomic E-state index is -0.657. The molecule has 1 aliphatic rings. The van der Waals surface area contributed by atoms with Gasteiger partial charge in [-0.25, -0.2) is 0 Å². The molecule has 1 atom stereocenters. The van der Waals surface area contributed by atoms with Crippen molar-refractivity contribution in [1.29, 1.82) is 0 Å². The van der Waals surface area contributed by atoms with Crippen molar-refractivity contribution in [2.24, 2.45) is 5.92 Å². The van der Waals surface area contributed by atoms with E-state index >= 15 is 0 Å². The van der Waals surface area contributed by atoms with Gasteiger partial charge in [0.1, 0.15) is 5.76 Å². The maximum absolute atomic E-state index is 12.7. The number of aliphatic hydroxyl groups is 1. The highest BCUT2D eigenvalue weighted by molar-refractivity contribution is 6.46. The molecule has 5 heteroatoms. The fourth-order valence-corrected chi connectivity index (χ4v) is 3.10. The molecule has 1 aromatic heterocycles. The predicted octanol–water partition coefficient (Wildman–Crippen LogP) is 3.16. The van der Waals surface area contributed by atoms with Crippen LogP contribution in [0.4, 0.5) is 0 Å². The van der Waals surface area contributed by atoms with E-state index in [2.05, 4.69) is 4.98 Å². The van der Waals surface area contributed by atoms with Crippen molar-refractivity contribution in [3.63, 3.8) is 0 Å². The van der Waals surface area contributed by atoms with Gasteiger partial charge in [0.15, 0.2) is 0 Å². The number of aliphatic hydroxyl groups excluding tert-OH is 1. The van der Waals surface area contributed by atoms with Crippen LogP contribution >= 0.6 is 0 Å². The first-order valence-corrected chi connectivity index (χ1v) is 8.24. The van der Waals surface area contributed by atoms with E-state index in [1.165, 1.54) is 4.90 Å². The third-order valence-corrected chi connectivity index (χ3v) is 4.15. The molecule has 1 N–H and O–H groups in total. The maximum Gasteiger partial charge on any atom is 0.295 e. The van der Waals surface area contributed by atoms with Gasteiger partial charge in [-0.1, -0.05) is 50.2 Å². The summed E-state index contributed by atoms with van der Waals surface area (Å²) in [5, 5.41) is 10.8. The van der Waals surface area contributed by atoms with E-state index in [0.717, 1.165) is 0 Å². The van der Waals surface area contributed by atoms with E-state index in [4.69, 9.17) is 0 Å². The Kier molecular flexibility index (Phi) is 4.65. The molecule has 3 rings (SSSR count). The zero-order chi connectivity index (χ0) is 18.0. The highest BCUT2D eigenvalue weighted by Gasteiger charge is 2.46. The molecule has 25 heavy (non-hydrogen) atoms. The zero-order valence-electron chi connectivity index (χ0n) is 14.2. The van der Waals surface area contributed by atoms with Gasteiger partial charge in [0.05, 0.1) is 11.6 Å². The lowest BCUT2D eigenvalue weighted by Crippen LogP contribution is -2.33. The molecule has 1 fully saturated rings. The number of ketones is 1. The summed E-state index contributed by atoms with van der Waals surface area (Å²) in [5.41, 5.74) is 1.34. The first-order valence-electron chi connectivity index (χ1n) is 8.24. The second-order valence-electron chi connectivity index (χ2n) is 6.50. The van der Waals surface area contributed by atoms with Gasteiger partial charge in [0.25, 0.3) is 11.7 Å². The number of likely N-dealkylation sites (tertiary alicyclic amines) is 1. The van der Waals surface area contributed by atoms with Crippen molar-refractivity contribution in [2.75, 3.05) is 6.54 Å². The minimum Gasteiger partial charge on any atom is -0.507 e. The summed E-state index contributed by atoms with van der Waals surface area (Å²) in [6, 6.07) is 11.7. The van der Waals surface area contributed by atoms with Gasteiger partial charge >= 0.3 is 0 Å². The molecule has 1 amide bonds. The number of benzene rings is 1. The Morgan fingerprint density at radius 1 is 1.16 bits per heavy atom. The van der Waals surface area contributed by atoms with Crippen LogP contribution in [0, 0.1) is 5.92 Å². The summed E-state index contributed by atoms with van der Waals surface area (Å²) in [5.74, 6) is -1.20. The Morgan fingerprint density at radius 3 is 2.48 bits per heavy atom. The summed E-state index contributed by atoms with van der Waals surface area (Å²) in [6.45, 7) is 4.39. The highest BCUT2D eigenvalue weighted by atomic mass is 16.3. The summed E-state index contributed by atoms with van der Waals surface area (Å²) in [4.78, 5) is 30.9. The molecule has 1 aliphatic heterocycles. The summed E-state index contributed by atoms with van der Waals surface area (Å²) in [6.07, 6.45) is 3.26. The third-order valence-electron chi connectivity index (χ3n) is 4.15. The van der Waals surface area contributed by atoms with Crippen LogP contribution in [0.2, 0.25) is 0 Å².